The molecule has 0 atom stereocenters. The lowest BCUT2D eigenvalue weighted by Gasteiger charge is -2.46. The summed E-state index contributed by atoms with van der Waals surface area (Å²) < 4.78 is 0. The normalized spacial score (nSPS) is 11.6. The number of hydrogen-bond donors (Lipinski definition) is 3. The Kier molecular flexibility index (Phi) is 16.2. The van der Waals surface area contributed by atoms with Crippen LogP contribution in [-0.4, -0.2) is 27.3 Å². The van der Waals surface area contributed by atoms with Gasteiger partial charge in [0, 0.05) is 11.6 Å². The van der Waals surface area contributed by atoms with Gasteiger partial charge in [0.05, 0.1) is 5.60 Å². The van der Waals surface area contributed by atoms with Crippen LogP contribution in [0.25, 0.3) is 0 Å². The van der Waals surface area contributed by atoms with Crippen molar-refractivity contribution in [2.45, 2.75) is 116 Å². The van der Waals surface area contributed by atoms with Crippen molar-refractivity contribution in [2.75, 3.05) is 0 Å². The topological polar surface area (TPSA) is 83.5 Å². The molecule has 0 aromatic rings. The van der Waals surface area contributed by atoms with E-state index in [1.807, 2.05) is 0 Å². The van der Waals surface area contributed by atoms with Crippen molar-refractivity contribution in [1.29, 1.82) is 0 Å². The van der Waals surface area contributed by atoms with Crippen molar-refractivity contribution >= 4 is 5.97 Å². The van der Waals surface area contributed by atoms with E-state index in [1.165, 1.54) is 0 Å². The van der Waals surface area contributed by atoms with Crippen LogP contribution in [0.1, 0.15) is 105 Å². The zero-order valence-corrected chi connectivity index (χ0v) is 17.1. The molecule has 0 saturated carbocycles. The fourth-order valence-electron chi connectivity index (χ4n) is 3.14. The summed E-state index contributed by atoms with van der Waals surface area (Å²) >= 11 is 0. The van der Waals surface area contributed by atoms with Gasteiger partial charge >= 0.3 is 5.97 Å². The molecular formula is C21H43NO3. The van der Waals surface area contributed by atoms with E-state index in [2.05, 4.69) is 34.3 Å². The number of carbonyl (C=O) groups is 1. The molecule has 0 amide bonds. The molecule has 4 N–H and O–H groups in total. The molecule has 0 aliphatic carbocycles. The lowest BCUT2D eigenvalue weighted by Crippen LogP contribution is -2.60. The lowest BCUT2D eigenvalue weighted by atomic mass is 9.69. The summed E-state index contributed by atoms with van der Waals surface area (Å²) in [6.07, 6.45) is 13.5. The zero-order chi connectivity index (χ0) is 19.8. The molecule has 0 bridgehead atoms. The number of hydrogen-bond acceptors (Lipinski definition) is 3. The second kappa shape index (κ2) is 15.4. The highest BCUT2D eigenvalue weighted by molar-refractivity contribution is 5.78. The fourth-order valence-corrected chi connectivity index (χ4v) is 3.14. The van der Waals surface area contributed by atoms with Crippen LogP contribution in [0.5, 0.6) is 0 Å². The monoisotopic (exact) mass is 357 g/mol. The van der Waals surface area contributed by atoms with Crippen molar-refractivity contribution < 1.29 is 15.0 Å². The summed E-state index contributed by atoms with van der Waals surface area (Å²) in [5, 5.41) is 18.9. The van der Waals surface area contributed by atoms with Gasteiger partial charge in [0.25, 0.3) is 0 Å². The Morgan fingerprint density at radius 1 is 0.880 bits per heavy atom. The Morgan fingerprint density at radius 2 is 1.16 bits per heavy atom. The number of unbranched alkanes of at least 4 members (excludes halogenated alkanes) is 4. The van der Waals surface area contributed by atoms with E-state index in [-0.39, 0.29) is 5.54 Å². The highest BCUT2D eigenvalue weighted by Crippen LogP contribution is 2.38. The number of carboxylic acids is 1. The summed E-state index contributed by atoms with van der Waals surface area (Å²) in [4.78, 5) is 9.25. The highest BCUT2D eigenvalue weighted by atomic mass is 16.4. The number of carboxylic acid groups (broad SMARTS) is 1. The van der Waals surface area contributed by atoms with Gasteiger partial charge in [-0.1, -0.05) is 85.6 Å². The first-order valence-corrected chi connectivity index (χ1v) is 10.1. The first-order chi connectivity index (χ1) is 11.8. The summed E-state index contributed by atoms with van der Waals surface area (Å²) in [5.74, 6) is -0.981. The summed E-state index contributed by atoms with van der Waals surface area (Å²) in [7, 11) is 0. The molecule has 0 aromatic carbocycles. The van der Waals surface area contributed by atoms with Crippen LogP contribution >= 0.6 is 0 Å². The third-order valence-corrected chi connectivity index (χ3v) is 4.94. The molecule has 150 valence electrons. The standard InChI is InChI=1S/C18H39NO.C3H4O2/c1-5-9-13-17(19,14-10-6-2)18(20,15-11-7-3)16-12-8-4;1-2-3(4)5/h20H,5-16,19H2,1-4H3;2H,1H2,(H,4,5). The van der Waals surface area contributed by atoms with Crippen LogP contribution in [0, 0.1) is 0 Å². The van der Waals surface area contributed by atoms with Gasteiger partial charge in [-0.25, -0.2) is 4.79 Å². The number of aliphatic hydroxyl groups is 1. The zero-order valence-electron chi connectivity index (χ0n) is 17.1. The van der Waals surface area contributed by atoms with E-state index in [9.17, 15) is 9.90 Å². The average molecular weight is 358 g/mol. The van der Waals surface area contributed by atoms with Crippen molar-refractivity contribution in [3.05, 3.63) is 12.7 Å². The number of nitrogens with two attached hydrogens (primary N) is 1. The number of aliphatic carboxylic acids is 1. The molecule has 0 spiro atoms. The highest BCUT2D eigenvalue weighted by Gasteiger charge is 2.45. The minimum Gasteiger partial charge on any atom is -0.478 e. The first-order valence-electron chi connectivity index (χ1n) is 10.1. The minimum absolute atomic E-state index is 0.386. The van der Waals surface area contributed by atoms with Crippen molar-refractivity contribution in [2.24, 2.45) is 5.73 Å². The molecule has 0 saturated heterocycles. The van der Waals surface area contributed by atoms with Gasteiger partial charge < -0.3 is 15.9 Å². The predicted octanol–water partition coefficient (Wildman–Crippen LogP) is 5.43. The first kappa shape index (κ1) is 26.4. The Bertz CT molecular complexity index is 302. The van der Waals surface area contributed by atoms with E-state index < -0.39 is 11.6 Å². The minimum atomic E-state index is -0.981. The summed E-state index contributed by atoms with van der Waals surface area (Å²) in [6, 6.07) is 0. The van der Waals surface area contributed by atoms with E-state index in [1.54, 1.807) is 0 Å². The van der Waals surface area contributed by atoms with Gasteiger partial charge in [-0.05, 0) is 25.7 Å². The molecule has 4 nitrogen and oxygen atoms in total. The van der Waals surface area contributed by atoms with Crippen LogP contribution in [0.15, 0.2) is 12.7 Å². The second-order valence-electron chi connectivity index (χ2n) is 7.14. The van der Waals surface area contributed by atoms with Crippen molar-refractivity contribution in [1.82, 2.24) is 0 Å². The maximum atomic E-state index is 11.3. The van der Waals surface area contributed by atoms with E-state index in [0.717, 1.165) is 83.1 Å². The van der Waals surface area contributed by atoms with Gasteiger partial charge in [0.15, 0.2) is 0 Å². The van der Waals surface area contributed by atoms with Gasteiger partial charge in [0.1, 0.15) is 0 Å². The molecule has 0 aromatic heterocycles. The van der Waals surface area contributed by atoms with Crippen LogP contribution in [-0.2, 0) is 4.79 Å². The summed E-state index contributed by atoms with van der Waals surface area (Å²) in [5.41, 5.74) is 5.73. The second-order valence-corrected chi connectivity index (χ2v) is 7.14. The van der Waals surface area contributed by atoms with Crippen LogP contribution < -0.4 is 5.73 Å². The molecule has 0 unspecified atom stereocenters. The smallest absolute Gasteiger partial charge is 0.327 e. The fraction of sp³-hybridized carbons (Fsp3) is 0.857. The van der Waals surface area contributed by atoms with Gasteiger partial charge in [-0.3, -0.25) is 0 Å². The third kappa shape index (κ3) is 11.4. The van der Waals surface area contributed by atoms with E-state index in [4.69, 9.17) is 10.8 Å². The Hall–Kier alpha value is -0.870. The lowest BCUT2D eigenvalue weighted by molar-refractivity contribution is -0.131. The molecule has 0 fully saturated rings. The molecule has 0 radical (unpaired) electrons. The maximum absolute atomic E-state index is 11.3. The molecule has 25 heavy (non-hydrogen) atoms. The summed E-state index contributed by atoms with van der Waals surface area (Å²) in [6.45, 7) is 11.8. The van der Waals surface area contributed by atoms with Gasteiger partial charge in [0.2, 0.25) is 0 Å². The molecule has 0 aliphatic heterocycles. The molecular weight excluding hydrogens is 314 g/mol. The average Bonchev–Trinajstić information content (AvgIpc) is 2.61. The third-order valence-electron chi connectivity index (χ3n) is 4.94. The quantitative estimate of drug-likeness (QED) is 0.362. The Morgan fingerprint density at radius 3 is 1.40 bits per heavy atom. The Balaban J connectivity index is 0. The molecule has 0 aliphatic rings. The Labute approximate surface area is 155 Å². The van der Waals surface area contributed by atoms with E-state index >= 15 is 0 Å². The molecule has 4 heteroatoms. The van der Waals surface area contributed by atoms with E-state index in [0.29, 0.717) is 0 Å². The van der Waals surface area contributed by atoms with Gasteiger partial charge in [-0.2, -0.15) is 0 Å². The molecule has 0 heterocycles. The van der Waals surface area contributed by atoms with Crippen LogP contribution in [0.3, 0.4) is 0 Å². The van der Waals surface area contributed by atoms with Crippen LogP contribution in [0.4, 0.5) is 0 Å². The SMILES string of the molecule is C=CC(=O)O.CCCCC(N)(CCCC)C(O)(CCCC)CCCC. The predicted molar refractivity (Wildman–Crippen MR) is 108 cm³/mol. The van der Waals surface area contributed by atoms with Crippen LogP contribution in [0.2, 0.25) is 0 Å². The maximum Gasteiger partial charge on any atom is 0.327 e. The van der Waals surface area contributed by atoms with Crippen molar-refractivity contribution in [3.8, 4) is 0 Å². The number of rotatable bonds is 14. The van der Waals surface area contributed by atoms with Crippen molar-refractivity contribution in [3.63, 3.8) is 0 Å². The molecule has 0 rings (SSSR count). The van der Waals surface area contributed by atoms with Gasteiger partial charge in [-0.15, -0.1) is 0 Å². The largest absolute Gasteiger partial charge is 0.478 e.